The SMILES string of the molecule is CCN1CCC[C@@](O)(CN2CCN(Cc3cccc(F)c3)CC2)C1. The number of aliphatic hydroxyl groups is 1. The number of halogens is 1. The Kier molecular flexibility index (Phi) is 5.87. The summed E-state index contributed by atoms with van der Waals surface area (Å²) in [4.78, 5) is 7.11. The third kappa shape index (κ3) is 4.76. The fourth-order valence-electron chi connectivity index (χ4n) is 4.02. The number of benzene rings is 1. The molecule has 0 bridgehead atoms. The van der Waals surface area contributed by atoms with Crippen molar-refractivity contribution in [3.63, 3.8) is 0 Å². The molecular weight excluding hydrogens is 305 g/mol. The second-order valence-electron chi connectivity index (χ2n) is 7.38. The molecule has 0 unspecified atom stereocenters. The highest BCUT2D eigenvalue weighted by Crippen LogP contribution is 2.23. The molecule has 0 amide bonds. The third-order valence-corrected chi connectivity index (χ3v) is 5.36. The predicted molar refractivity (Wildman–Crippen MR) is 94.4 cm³/mol. The van der Waals surface area contributed by atoms with Gasteiger partial charge in [-0.25, -0.2) is 4.39 Å². The van der Waals surface area contributed by atoms with E-state index >= 15 is 0 Å². The molecule has 1 aromatic rings. The number of hydrogen-bond donors (Lipinski definition) is 1. The molecule has 2 aliphatic rings. The van der Waals surface area contributed by atoms with Crippen LogP contribution in [0.5, 0.6) is 0 Å². The molecule has 4 nitrogen and oxygen atoms in total. The molecule has 0 saturated carbocycles. The van der Waals surface area contributed by atoms with E-state index in [1.807, 2.05) is 6.07 Å². The number of likely N-dealkylation sites (tertiary alicyclic amines) is 1. The Morgan fingerprint density at radius 2 is 1.83 bits per heavy atom. The molecule has 2 fully saturated rings. The number of piperidine rings is 1. The van der Waals surface area contributed by atoms with Crippen LogP contribution < -0.4 is 0 Å². The van der Waals surface area contributed by atoms with Gasteiger partial charge in [-0.1, -0.05) is 19.1 Å². The second-order valence-corrected chi connectivity index (χ2v) is 7.38. The lowest BCUT2D eigenvalue weighted by Crippen LogP contribution is -2.57. The minimum atomic E-state index is -0.557. The Hall–Kier alpha value is -1.01. The summed E-state index contributed by atoms with van der Waals surface area (Å²) in [6, 6.07) is 6.88. The van der Waals surface area contributed by atoms with Crippen molar-refractivity contribution < 1.29 is 9.50 Å². The number of likely N-dealkylation sites (N-methyl/N-ethyl adjacent to an activating group) is 1. The molecule has 0 aliphatic carbocycles. The molecule has 1 N–H and O–H groups in total. The minimum absolute atomic E-state index is 0.161. The standard InChI is InChI=1S/C19H30FN3O/c1-2-21-8-4-7-19(24,15-21)16-23-11-9-22(10-12-23)14-17-5-3-6-18(20)13-17/h3,5-6,13,24H,2,4,7-12,14-16H2,1H3/t19-/m0/s1. The van der Waals surface area contributed by atoms with Gasteiger partial charge < -0.3 is 10.0 Å². The smallest absolute Gasteiger partial charge is 0.123 e. The van der Waals surface area contributed by atoms with Crippen LogP contribution in [0, 0.1) is 5.82 Å². The number of nitrogens with zero attached hydrogens (tertiary/aromatic N) is 3. The highest BCUT2D eigenvalue weighted by atomic mass is 19.1. The first kappa shape index (κ1) is 17.8. The Morgan fingerprint density at radius 3 is 2.54 bits per heavy atom. The number of β-amino-alcohol motifs (C(OH)–C–C–N with tert-alkyl or cyclic N) is 1. The van der Waals surface area contributed by atoms with Crippen LogP contribution >= 0.6 is 0 Å². The molecule has 1 aromatic carbocycles. The molecule has 3 rings (SSSR count). The van der Waals surface area contributed by atoms with Gasteiger partial charge in [-0.15, -0.1) is 0 Å². The molecule has 5 heteroatoms. The molecule has 134 valence electrons. The van der Waals surface area contributed by atoms with Crippen molar-refractivity contribution in [2.24, 2.45) is 0 Å². The number of piperazine rings is 1. The fraction of sp³-hybridized carbons (Fsp3) is 0.684. The van der Waals surface area contributed by atoms with Gasteiger partial charge in [-0.3, -0.25) is 9.80 Å². The first-order valence-corrected chi connectivity index (χ1v) is 9.20. The first-order chi connectivity index (χ1) is 11.6. The van der Waals surface area contributed by atoms with E-state index in [0.717, 1.165) is 77.3 Å². The van der Waals surface area contributed by atoms with Gasteiger partial charge in [0.15, 0.2) is 0 Å². The summed E-state index contributed by atoms with van der Waals surface area (Å²) in [7, 11) is 0. The summed E-state index contributed by atoms with van der Waals surface area (Å²) < 4.78 is 13.3. The van der Waals surface area contributed by atoms with E-state index in [4.69, 9.17) is 0 Å². The highest BCUT2D eigenvalue weighted by Gasteiger charge is 2.35. The quantitative estimate of drug-likeness (QED) is 0.889. The van der Waals surface area contributed by atoms with Crippen LogP contribution in [0.15, 0.2) is 24.3 Å². The topological polar surface area (TPSA) is 30.0 Å². The van der Waals surface area contributed by atoms with Gasteiger partial charge in [0.1, 0.15) is 5.82 Å². The molecule has 2 heterocycles. The largest absolute Gasteiger partial charge is 0.387 e. The normalized spacial score (nSPS) is 27.5. The molecule has 2 saturated heterocycles. The van der Waals surface area contributed by atoms with Crippen LogP contribution in [-0.2, 0) is 6.54 Å². The zero-order chi connectivity index (χ0) is 17.0. The van der Waals surface area contributed by atoms with E-state index in [2.05, 4.69) is 21.6 Å². The van der Waals surface area contributed by atoms with Crippen molar-refractivity contribution in [3.8, 4) is 0 Å². The van der Waals surface area contributed by atoms with Crippen LogP contribution in [-0.4, -0.2) is 77.8 Å². The molecule has 0 spiro atoms. The Balaban J connectivity index is 1.46. The Morgan fingerprint density at radius 1 is 1.08 bits per heavy atom. The van der Waals surface area contributed by atoms with Gasteiger partial charge in [0, 0.05) is 45.8 Å². The Labute approximate surface area is 144 Å². The maximum absolute atomic E-state index is 13.3. The van der Waals surface area contributed by atoms with Crippen molar-refractivity contribution in [2.75, 3.05) is 52.4 Å². The first-order valence-electron chi connectivity index (χ1n) is 9.20. The fourth-order valence-corrected chi connectivity index (χ4v) is 4.02. The van der Waals surface area contributed by atoms with Crippen molar-refractivity contribution in [1.29, 1.82) is 0 Å². The van der Waals surface area contributed by atoms with Crippen molar-refractivity contribution in [3.05, 3.63) is 35.6 Å². The zero-order valence-electron chi connectivity index (χ0n) is 14.8. The highest BCUT2D eigenvalue weighted by molar-refractivity contribution is 5.16. The van der Waals surface area contributed by atoms with Gasteiger partial charge in [0.25, 0.3) is 0 Å². The van der Waals surface area contributed by atoms with Gasteiger partial charge in [-0.2, -0.15) is 0 Å². The average Bonchev–Trinajstić information content (AvgIpc) is 2.56. The van der Waals surface area contributed by atoms with Gasteiger partial charge in [-0.05, 0) is 43.6 Å². The molecule has 2 aliphatic heterocycles. The zero-order valence-corrected chi connectivity index (χ0v) is 14.8. The summed E-state index contributed by atoms with van der Waals surface area (Å²) in [5, 5.41) is 10.9. The summed E-state index contributed by atoms with van der Waals surface area (Å²) in [5.74, 6) is -0.161. The summed E-state index contributed by atoms with van der Waals surface area (Å²) in [6.45, 7) is 10.6. The number of rotatable bonds is 5. The molecule has 24 heavy (non-hydrogen) atoms. The lowest BCUT2D eigenvalue weighted by molar-refractivity contribution is -0.0589. The van der Waals surface area contributed by atoms with Gasteiger partial charge in [0.2, 0.25) is 0 Å². The maximum Gasteiger partial charge on any atom is 0.123 e. The number of hydrogen-bond acceptors (Lipinski definition) is 4. The van der Waals surface area contributed by atoms with E-state index in [0.29, 0.717) is 0 Å². The van der Waals surface area contributed by atoms with E-state index < -0.39 is 5.60 Å². The van der Waals surface area contributed by atoms with E-state index in [1.165, 1.54) is 6.07 Å². The van der Waals surface area contributed by atoms with Crippen molar-refractivity contribution in [2.45, 2.75) is 31.9 Å². The lowest BCUT2D eigenvalue weighted by atomic mass is 9.92. The minimum Gasteiger partial charge on any atom is -0.387 e. The van der Waals surface area contributed by atoms with Crippen LogP contribution in [0.25, 0.3) is 0 Å². The average molecular weight is 335 g/mol. The molecule has 1 atom stereocenters. The van der Waals surface area contributed by atoms with Crippen molar-refractivity contribution in [1.82, 2.24) is 14.7 Å². The molecule has 0 aromatic heterocycles. The van der Waals surface area contributed by atoms with Crippen LogP contribution in [0.3, 0.4) is 0 Å². The van der Waals surface area contributed by atoms with E-state index in [-0.39, 0.29) is 5.82 Å². The van der Waals surface area contributed by atoms with Gasteiger partial charge in [0.05, 0.1) is 5.60 Å². The van der Waals surface area contributed by atoms with E-state index in [9.17, 15) is 9.50 Å². The van der Waals surface area contributed by atoms with Crippen LogP contribution in [0.2, 0.25) is 0 Å². The maximum atomic E-state index is 13.3. The lowest BCUT2D eigenvalue weighted by Gasteiger charge is -2.43. The van der Waals surface area contributed by atoms with Gasteiger partial charge >= 0.3 is 0 Å². The van der Waals surface area contributed by atoms with Crippen LogP contribution in [0.4, 0.5) is 4.39 Å². The monoisotopic (exact) mass is 335 g/mol. The summed E-state index contributed by atoms with van der Waals surface area (Å²) >= 11 is 0. The third-order valence-electron chi connectivity index (χ3n) is 5.36. The van der Waals surface area contributed by atoms with E-state index in [1.54, 1.807) is 12.1 Å². The summed E-state index contributed by atoms with van der Waals surface area (Å²) in [5.41, 5.74) is 0.479. The predicted octanol–water partition coefficient (Wildman–Crippen LogP) is 1.79. The Bertz CT molecular complexity index is 533. The molecular formula is C19H30FN3O. The second kappa shape index (κ2) is 7.91. The summed E-state index contributed by atoms with van der Waals surface area (Å²) in [6.07, 6.45) is 2.00. The molecule has 0 radical (unpaired) electrons. The van der Waals surface area contributed by atoms with Crippen molar-refractivity contribution >= 4 is 0 Å². The van der Waals surface area contributed by atoms with Crippen LogP contribution in [0.1, 0.15) is 25.3 Å².